The van der Waals surface area contributed by atoms with E-state index in [-0.39, 0.29) is 30.6 Å². The lowest BCUT2D eigenvalue weighted by atomic mass is 9.44. The molecule has 242 valence electrons. The Kier molecular flexibility index (Phi) is 7.53. The minimum Gasteiger partial charge on any atom is -0.457 e. The zero-order valence-electron chi connectivity index (χ0n) is 26.4. The fourth-order valence-corrected chi connectivity index (χ4v) is 9.22. The SMILES string of the molecule is CC(CNC(=O)c1ccccc1)C(=O)OCC(=O)[C@@]12OC(C)(C)O[C@@H]1C[C@H]1[C@@H]3CCC4=CC(=O)C=C[C@@]4(C)[C@@]3(F)[C@@H](O)C[C@@]12C. The molecule has 1 saturated heterocycles. The fraction of sp³-hybridized carbons (Fsp3) is 0.600. The molecule has 6 rings (SSSR count). The van der Waals surface area contributed by atoms with Crippen LogP contribution in [0.5, 0.6) is 0 Å². The molecule has 9 nitrogen and oxygen atoms in total. The number of ketones is 2. The Morgan fingerprint density at radius 3 is 2.56 bits per heavy atom. The predicted molar refractivity (Wildman–Crippen MR) is 160 cm³/mol. The molecule has 2 N–H and O–H groups in total. The predicted octanol–water partition coefficient (Wildman–Crippen LogP) is 4.04. The van der Waals surface area contributed by atoms with Gasteiger partial charge in [-0.25, -0.2) is 4.39 Å². The summed E-state index contributed by atoms with van der Waals surface area (Å²) in [5.41, 5.74) is -4.71. The lowest BCUT2D eigenvalue weighted by Crippen LogP contribution is -2.70. The number of hydrogen-bond donors (Lipinski definition) is 2. The van der Waals surface area contributed by atoms with E-state index in [1.54, 1.807) is 64.1 Å². The van der Waals surface area contributed by atoms with Gasteiger partial charge in [-0.1, -0.05) is 43.7 Å². The maximum atomic E-state index is 17.6. The van der Waals surface area contributed by atoms with Crippen molar-refractivity contribution < 1.29 is 42.9 Å². The van der Waals surface area contributed by atoms with E-state index in [0.29, 0.717) is 30.4 Å². The largest absolute Gasteiger partial charge is 0.457 e. The highest BCUT2D eigenvalue weighted by Crippen LogP contribution is 2.72. The summed E-state index contributed by atoms with van der Waals surface area (Å²) in [5.74, 6) is -4.56. The summed E-state index contributed by atoms with van der Waals surface area (Å²) in [7, 11) is 0. The van der Waals surface area contributed by atoms with Gasteiger partial charge in [0.2, 0.25) is 5.78 Å². The second kappa shape index (κ2) is 10.7. The summed E-state index contributed by atoms with van der Waals surface area (Å²) in [4.78, 5) is 51.8. The maximum Gasteiger partial charge on any atom is 0.310 e. The molecule has 4 aliphatic carbocycles. The number of esters is 1. The van der Waals surface area contributed by atoms with Crippen molar-refractivity contribution in [2.75, 3.05) is 13.2 Å². The number of carbonyl (C=O) groups excluding carboxylic acids is 4. The van der Waals surface area contributed by atoms with Crippen molar-refractivity contribution in [2.45, 2.75) is 89.6 Å². The van der Waals surface area contributed by atoms with Gasteiger partial charge in [0.05, 0.1) is 18.1 Å². The number of nitrogens with one attached hydrogen (secondary N) is 1. The molecule has 0 aromatic heterocycles. The average molecular weight is 624 g/mol. The van der Waals surface area contributed by atoms with Gasteiger partial charge in [-0.15, -0.1) is 0 Å². The van der Waals surface area contributed by atoms with Crippen LogP contribution in [0.2, 0.25) is 0 Å². The van der Waals surface area contributed by atoms with Crippen LogP contribution >= 0.6 is 0 Å². The highest BCUT2D eigenvalue weighted by molar-refractivity contribution is 6.01. The molecule has 0 spiro atoms. The van der Waals surface area contributed by atoms with Crippen LogP contribution in [0, 0.1) is 28.6 Å². The summed E-state index contributed by atoms with van der Waals surface area (Å²) in [6.45, 7) is 8.05. The van der Waals surface area contributed by atoms with E-state index < -0.39 is 70.3 Å². The summed E-state index contributed by atoms with van der Waals surface area (Å²) >= 11 is 0. The number of benzene rings is 1. The van der Waals surface area contributed by atoms with Crippen molar-refractivity contribution >= 4 is 23.4 Å². The Morgan fingerprint density at radius 1 is 1.13 bits per heavy atom. The topological polar surface area (TPSA) is 128 Å². The van der Waals surface area contributed by atoms with Crippen LogP contribution in [0.15, 0.2) is 54.1 Å². The van der Waals surface area contributed by atoms with Crippen LogP contribution in [0.3, 0.4) is 0 Å². The Balaban J connectivity index is 1.22. The zero-order valence-corrected chi connectivity index (χ0v) is 26.4. The molecule has 5 aliphatic rings. The van der Waals surface area contributed by atoms with Crippen molar-refractivity contribution in [1.82, 2.24) is 5.32 Å². The maximum absolute atomic E-state index is 17.6. The second-order valence-electron chi connectivity index (χ2n) is 14.4. The van der Waals surface area contributed by atoms with Crippen LogP contribution in [-0.4, -0.2) is 71.0 Å². The molecule has 1 heterocycles. The quantitative estimate of drug-likeness (QED) is 0.436. The minimum absolute atomic E-state index is 0.0165. The summed E-state index contributed by atoms with van der Waals surface area (Å²) in [6, 6.07) is 8.61. The number of fused-ring (bicyclic) bond motifs is 7. The Morgan fingerprint density at radius 2 is 1.84 bits per heavy atom. The smallest absolute Gasteiger partial charge is 0.310 e. The fourth-order valence-electron chi connectivity index (χ4n) is 9.22. The number of hydrogen-bond acceptors (Lipinski definition) is 8. The minimum atomic E-state index is -2.07. The number of alkyl halides is 1. The number of halogens is 1. The Bertz CT molecular complexity index is 1490. The van der Waals surface area contributed by atoms with Gasteiger partial charge in [0.25, 0.3) is 5.91 Å². The van der Waals surface area contributed by atoms with Crippen LogP contribution in [0.25, 0.3) is 0 Å². The van der Waals surface area contributed by atoms with Crippen LogP contribution in [-0.2, 0) is 28.6 Å². The number of rotatable bonds is 7. The van der Waals surface area contributed by atoms with Crippen molar-refractivity contribution in [3.8, 4) is 0 Å². The number of Topliss-reactive ketones (excluding diaryl/α,β-unsaturated/α-hetero) is 1. The van der Waals surface area contributed by atoms with Crippen molar-refractivity contribution in [2.24, 2.45) is 28.6 Å². The first-order chi connectivity index (χ1) is 21.1. The van der Waals surface area contributed by atoms with Gasteiger partial charge in [0.1, 0.15) is 0 Å². The summed E-state index contributed by atoms with van der Waals surface area (Å²) < 4.78 is 35.9. The van der Waals surface area contributed by atoms with Crippen molar-refractivity contribution in [3.05, 3.63) is 59.7 Å². The number of amides is 1. The number of aliphatic hydroxyl groups excluding tert-OH is 1. The third-order valence-corrected chi connectivity index (χ3v) is 11.4. The molecule has 10 heteroatoms. The summed E-state index contributed by atoms with van der Waals surface area (Å²) in [6.07, 6.45) is 3.42. The first-order valence-corrected chi connectivity index (χ1v) is 15.8. The highest BCUT2D eigenvalue weighted by Gasteiger charge is 2.80. The van der Waals surface area contributed by atoms with Crippen LogP contribution < -0.4 is 5.32 Å². The van der Waals surface area contributed by atoms with Gasteiger partial charge in [-0.3, -0.25) is 19.2 Å². The standard InChI is InChI=1S/C35H42FNO8/c1-20(18-37-29(41)21-9-7-6-8-10-21)30(42)43-19-27(40)35-28(44-31(2,3)45-35)16-25-24-12-11-22-15-23(38)13-14-32(22,4)34(24,36)26(39)17-33(25,35)5/h6-10,13-15,20,24-26,28,39H,11-12,16-19H2,1-5H3,(H,37,41)/t20?,24-,25-,26-,28+,32+,33-,34-,35+/m0/s1. The molecule has 1 aromatic carbocycles. The molecule has 0 radical (unpaired) electrons. The Labute approximate surface area is 262 Å². The third-order valence-electron chi connectivity index (χ3n) is 11.4. The average Bonchev–Trinajstić information content (AvgIpc) is 3.41. The molecule has 1 aromatic rings. The number of aliphatic hydroxyl groups is 1. The molecule has 3 saturated carbocycles. The van der Waals surface area contributed by atoms with Crippen LogP contribution in [0.1, 0.15) is 70.7 Å². The van der Waals surface area contributed by atoms with E-state index >= 15 is 4.39 Å². The molecule has 1 aliphatic heterocycles. The van der Waals surface area contributed by atoms with Crippen molar-refractivity contribution in [3.63, 3.8) is 0 Å². The van der Waals surface area contributed by atoms with E-state index in [9.17, 15) is 24.3 Å². The Hall–Kier alpha value is -3.21. The molecule has 0 bridgehead atoms. The van der Waals surface area contributed by atoms with Gasteiger partial charge in [-0.05, 0) is 76.7 Å². The number of ether oxygens (including phenoxy) is 3. The molecule has 45 heavy (non-hydrogen) atoms. The van der Waals surface area contributed by atoms with E-state index in [1.165, 1.54) is 12.2 Å². The lowest BCUT2D eigenvalue weighted by Gasteiger charge is -2.62. The third kappa shape index (κ3) is 4.58. The first-order valence-electron chi connectivity index (χ1n) is 15.8. The van der Waals surface area contributed by atoms with Gasteiger partial charge in [0, 0.05) is 28.9 Å². The monoisotopic (exact) mass is 623 g/mol. The van der Waals surface area contributed by atoms with E-state index in [0.717, 1.165) is 0 Å². The van der Waals surface area contributed by atoms with Gasteiger partial charge in [-0.2, -0.15) is 0 Å². The molecule has 1 amide bonds. The molecular weight excluding hydrogens is 581 g/mol. The molecule has 9 atom stereocenters. The number of carbonyl (C=O) groups is 4. The molecular formula is C35H42FNO8. The van der Waals surface area contributed by atoms with Crippen LogP contribution in [0.4, 0.5) is 4.39 Å². The second-order valence-corrected chi connectivity index (χ2v) is 14.4. The van der Waals surface area contributed by atoms with Gasteiger partial charge >= 0.3 is 5.97 Å². The van der Waals surface area contributed by atoms with Gasteiger partial charge in [0.15, 0.2) is 29.4 Å². The summed E-state index contributed by atoms with van der Waals surface area (Å²) in [5, 5.41) is 14.4. The van der Waals surface area contributed by atoms with E-state index in [2.05, 4.69) is 5.32 Å². The highest BCUT2D eigenvalue weighted by atomic mass is 19.1. The van der Waals surface area contributed by atoms with E-state index in [4.69, 9.17) is 14.2 Å². The molecule has 1 unspecified atom stereocenters. The lowest BCUT2D eigenvalue weighted by molar-refractivity contribution is -0.246. The molecule has 4 fully saturated rings. The normalized spacial score (nSPS) is 39.9. The number of allylic oxidation sites excluding steroid dienone is 4. The zero-order chi connectivity index (χ0) is 32.6. The van der Waals surface area contributed by atoms with E-state index in [1.807, 2.05) is 6.92 Å². The van der Waals surface area contributed by atoms with Crippen molar-refractivity contribution in [1.29, 1.82) is 0 Å². The first kappa shape index (κ1) is 31.8. The van der Waals surface area contributed by atoms with Gasteiger partial charge < -0.3 is 24.6 Å².